The summed E-state index contributed by atoms with van der Waals surface area (Å²) in [5.74, 6) is 1.33. The van der Waals surface area contributed by atoms with Gasteiger partial charge in [0.05, 0.1) is 12.8 Å². The van der Waals surface area contributed by atoms with Gasteiger partial charge in [-0.1, -0.05) is 35.9 Å². The Hall–Kier alpha value is -3.31. The third-order valence-electron chi connectivity index (χ3n) is 5.72. The molecule has 0 bridgehead atoms. The highest BCUT2D eigenvalue weighted by molar-refractivity contribution is 5.91. The van der Waals surface area contributed by atoms with Gasteiger partial charge in [0.25, 0.3) is 5.91 Å². The van der Waals surface area contributed by atoms with E-state index in [0.717, 1.165) is 36.4 Å². The Labute approximate surface area is 175 Å². The largest absolute Gasteiger partial charge is 0.460 e. The monoisotopic (exact) mass is 400 g/mol. The van der Waals surface area contributed by atoms with E-state index in [1.165, 1.54) is 23.0 Å². The summed E-state index contributed by atoms with van der Waals surface area (Å²) >= 11 is 0. The Morgan fingerprint density at radius 2 is 1.70 bits per heavy atom. The van der Waals surface area contributed by atoms with Crippen molar-refractivity contribution in [1.29, 1.82) is 0 Å². The zero-order chi connectivity index (χ0) is 20.5. The van der Waals surface area contributed by atoms with Crippen LogP contribution in [0.3, 0.4) is 0 Å². The fraction of sp³-hybridized carbons (Fsp3) is 0.240. The number of hydrogen-bond donors (Lipinski definition) is 0. The number of aryl methyl sites for hydroxylation is 1. The summed E-state index contributed by atoms with van der Waals surface area (Å²) in [6.07, 6.45) is 1.54. The number of furan rings is 2. The number of hydrogen-bond acceptors (Lipinski definition) is 4. The Balaban J connectivity index is 1.25. The van der Waals surface area contributed by atoms with Crippen LogP contribution in [0.25, 0.3) is 22.1 Å². The summed E-state index contributed by atoms with van der Waals surface area (Å²) in [5, 5.41) is 1.12. The first-order valence-corrected chi connectivity index (χ1v) is 10.3. The molecule has 5 rings (SSSR count). The lowest BCUT2D eigenvalue weighted by Gasteiger charge is -2.33. The second-order valence-corrected chi connectivity index (χ2v) is 7.88. The summed E-state index contributed by atoms with van der Waals surface area (Å²) in [4.78, 5) is 16.6. The van der Waals surface area contributed by atoms with E-state index in [1.54, 1.807) is 12.1 Å². The highest BCUT2D eigenvalue weighted by Crippen LogP contribution is 2.27. The molecule has 1 aliphatic heterocycles. The lowest BCUT2D eigenvalue weighted by molar-refractivity contribution is 0.0590. The molecule has 30 heavy (non-hydrogen) atoms. The molecule has 5 nitrogen and oxygen atoms in total. The third-order valence-corrected chi connectivity index (χ3v) is 5.72. The van der Waals surface area contributed by atoms with E-state index in [9.17, 15) is 4.79 Å². The van der Waals surface area contributed by atoms with Crippen LogP contribution in [0.4, 0.5) is 0 Å². The average molecular weight is 400 g/mol. The molecule has 0 N–H and O–H groups in total. The first-order valence-electron chi connectivity index (χ1n) is 10.3. The van der Waals surface area contributed by atoms with Crippen molar-refractivity contribution in [3.8, 4) is 11.1 Å². The summed E-state index contributed by atoms with van der Waals surface area (Å²) in [6.45, 7) is 5.87. The van der Waals surface area contributed by atoms with Crippen molar-refractivity contribution in [3.63, 3.8) is 0 Å². The number of nitrogens with zero attached hydrogens (tertiary/aromatic N) is 2. The molecule has 0 unspecified atom stereocenters. The normalized spacial score (nSPS) is 15.0. The van der Waals surface area contributed by atoms with Crippen LogP contribution in [0.15, 0.2) is 75.8 Å². The number of piperazine rings is 1. The van der Waals surface area contributed by atoms with E-state index < -0.39 is 0 Å². The number of fused-ring (bicyclic) bond motifs is 1. The second kappa shape index (κ2) is 7.84. The predicted molar refractivity (Wildman–Crippen MR) is 116 cm³/mol. The molecule has 2 aromatic carbocycles. The minimum atomic E-state index is -0.0352. The zero-order valence-corrected chi connectivity index (χ0v) is 17.0. The lowest BCUT2D eigenvalue weighted by Crippen LogP contribution is -2.48. The second-order valence-electron chi connectivity index (χ2n) is 7.88. The topological polar surface area (TPSA) is 49.8 Å². The van der Waals surface area contributed by atoms with Gasteiger partial charge in [-0.05, 0) is 48.4 Å². The molecule has 4 aromatic rings. The van der Waals surface area contributed by atoms with Gasteiger partial charge in [-0.3, -0.25) is 9.69 Å². The first-order chi connectivity index (χ1) is 14.7. The maximum atomic E-state index is 12.4. The quantitative estimate of drug-likeness (QED) is 0.486. The predicted octanol–water partition coefficient (Wildman–Crippen LogP) is 4.96. The molecular weight excluding hydrogens is 376 g/mol. The van der Waals surface area contributed by atoms with Crippen LogP contribution in [0, 0.1) is 6.92 Å². The third kappa shape index (κ3) is 3.76. The Kier molecular flexibility index (Phi) is 4.89. The van der Waals surface area contributed by atoms with Gasteiger partial charge in [0, 0.05) is 31.6 Å². The fourth-order valence-electron chi connectivity index (χ4n) is 3.99. The minimum absolute atomic E-state index is 0.0352. The molecule has 152 valence electrons. The number of amides is 1. The van der Waals surface area contributed by atoms with Crippen molar-refractivity contribution in [2.75, 3.05) is 26.2 Å². The van der Waals surface area contributed by atoms with Crippen LogP contribution in [0.5, 0.6) is 0 Å². The van der Waals surface area contributed by atoms with Crippen LogP contribution < -0.4 is 0 Å². The van der Waals surface area contributed by atoms with Crippen molar-refractivity contribution in [2.45, 2.75) is 13.5 Å². The molecule has 0 spiro atoms. The van der Waals surface area contributed by atoms with Crippen LogP contribution in [-0.2, 0) is 6.54 Å². The van der Waals surface area contributed by atoms with E-state index in [2.05, 4.69) is 54.3 Å². The van der Waals surface area contributed by atoms with E-state index in [1.807, 2.05) is 11.0 Å². The molecule has 1 saturated heterocycles. The molecule has 2 aromatic heterocycles. The number of carbonyl (C=O) groups is 1. The molecule has 5 heteroatoms. The molecule has 0 radical (unpaired) electrons. The SMILES string of the molecule is Cc1ccc(-c2ccc3oc(CN4CCN(C(=O)c5ccco5)CC4)cc3c2)cc1. The highest BCUT2D eigenvalue weighted by Gasteiger charge is 2.24. The summed E-state index contributed by atoms with van der Waals surface area (Å²) in [7, 11) is 0. The van der Waals surface area contributed by atoms with Crippen molar-refractivity contribution in [1.82, 2.24) is 9.80 Å². The average Bonchev–Trinajstić information content (AvgIpc) is 3.43. The Morgan fingerprint density at radius 1 is 0.933 bits per heavy atom. The maximum Gasteiger partial charge on any atom is 0.289 e. The molecule has 1 amide bonds. The van der Waals surface area contributed by atoms with Crippen molar-refractivity contribution in [2.24, 2.45) is 0 Å². The number of rotatable bonds is 4. The van der Waals surface area contributed by atoms with Crippen LogP contribution in [-0.4, -0.2) is 41.9 Å². The first kappa shape index (κ1) is 18.7. The van der Waals surface area contributed by atoms with Gasteiger partial charge in [-0.15, -0.1) is 0 Å². The van der Waals surface area contributed by atoms with Gasteiger partial charge in [0.1, 0.15) is 11.3 Å². The van der Waals surface area contributed by atoms with Gasteiger partial charge in [-0.25, -0.2) is 0 Å². The standard InChI is InChI=1S/C25H24N2O3/c1-18-4-6-19(7-5-18)20-8-9-23-21(15-20)16-22(30-23)17-26-10-12-27(13-11-26)25(28)24-3-2-14-29-24/h2-9,14-16H,10-13,17H2,1H3. The highest BCUT2D eigenvalue weighted by atomic mass is 16.3. The summed E-state index contributed by atoms with van der Waals surface area (Å²) < 4.78 is 11.3. The maximum absolute atomic E-state index is 12.4. The Bertz CT molecular complexity index is 1150. The molecule has 0 atom stereocenters. The Morgan fingerprint density at radius 3 is 2.43 bits per heavy atom. The summed E-state index contributed by atoms with van der Waals surface area (Å²) in [6, 6.07) is 20.5. The van der Waals surface area contributed by atoms with E-state index in [0.29, 0.717) is 18.8 Å². The molecule has 1 fully saturated rings. The molecular formula is C25H24N2O3. The minimum Gasteiger partial charge on any atom is -0.460 e. The molecule has 0 aliphatic carbocycles. The van der Waals surface area contributed by atoms with Gasteiger partial charge >= 0.3 is 0 Å². The summed E-state index contributed by atoms with van der Waals surface area (Å²) in [5.41, 5.74) is 4.58. The zero-order valence-electron chi connectivity index (χ0n) is 17.0. The lowest BCUT2D eigenvalue weighted by atomic mass is 10.0. The van der Waals surface area contributed by atoms with Crippen LogP contribution in [0.1, 0.15) is 21.9 Å². The van der Waals surface area contributed by atoms with E-state index in [4.69, 9.17) is 8.83 Å². The van der Waals surface area contributed by atoms with Gasteiger partial charge < -0.3 is 13.7 Å². The number of carbonyl (C=O) groups excluding carboxylic acids is 1. The van der Waals surface area contributed by atoms with Gasteiger partial charge in [-0.2, -0.15) is 0 Å². The van der Waals surface area contributed by atoms with Crippen molar-refractivity contribution < 1.29 is 13.6 Å². The van der Waals surface area contributed by atoms with Gasteiger partial charge in [0.2, 0.25) is 0 Å². The van der Waals surface area contributed by atoms with Crippen LogP contribution >= 0.6 is 0 Å². The fourth-order valence-corrected chi connectivity index (χ4v) is 3.99. The molecule has 1 aliphatic rings. The van der Waals surface area contributed by atoms with Crippen LogP contribution in [0.2, 0.25) is 0 Å². The van der Waals surface area contributed by atoms with Crippen molar-refractivity contribution in [3.05, 3.63) is 84.0 Å². The number of benzene rings is 2. The van der Waals surface area contributed by atoms with E-state index in [-0.39, 0.29) is 5.91 Å². The van der Waals surface area contributed by atoms with E-state index >= 15 is 0 Å². The molecule has 3 heterocycles. The molecule has 0 saturated carbocycles. The van der Waals surface area contributed by atoms with Gasteiger partial charge in [0.15, 0.2) is 5.76 Å². The smallest absolute Gasteiger partial charge is 0.289 e. The van der Waals surface area contributed by atoms with Crippen molar-refractivity contribution >= 4 is 16.9 Å².